The molecule has 0 spiro atoms. The monoisotopic (exact) mass is 292 g/mol. The topological polar surface area (TPSA) is 67.5 Å². The van der Waals surface area contributed by atoms with Gasteiger partial charge in [-0.25, -0.2) is 0 Å². The molecule has 3 atom stereocenters. The van der Waals surface area contributed by atoms with Crippen LogP contribution in [0.5, 0.6) is 5.75 Å². The predicted octanol–water partition coefficient (Wildman–Crippen LogP) is 2.01. The van der Waals surface area contributed by atoms with E-state index < -0.39 is 0 Å². The molecular weight excluding hydrogens is 264 g/mol. The number of nitrogens with two attached hydrogens (primary N) is 1. The minimum absolute atomic E-state index is 0.0397. The van der Waals surface area contributed by atoms with Crippen molar-refractivity contribution in [3.8, 4) is 5.75 Å². The van der Waals surface area contributed by atoms with E-state index in [9.17, 15) is 5.11 Å². The van der Waals surface area contributed by atoms with Crippen LogP contribution in [0.3, 0.4) is 0 Å². The van der Waals surface area contributed by atoms with Gasteiger partial charge in [0.15, 0.2) is 0 Å². The van der Waals surface area contributed by atoms with Crippen LogP contribution < -0.4 is 15.8 Å². The zero-order chi connectivity index (χ0) is 15.6. The number of rotatable bonds is 6. The molecule has 0 bridgehead atoms. The van der Waals surface area contributed by atoms with Gasteiger partial charge < -0.3 is 20.9 Å². The second-order valence-corrected chi connectivity index (χ2v) is 6.78. The molecule has 118 valence electrons. The van der Waals surface area contributed by atoms with Gasteiger partial charge in [-0.05, 0) is 32.3 Å². The van der Waals surface area contributed by atoms with E-state index in [0.717, 1.165) is 17.7 Å². The summed E-state index contributed by atoms with van der Waals surface area (Å²) in [6.07, 6.45) is 0.927. The lowest BCUT2D eigenvalue weighted by atomic mass is 9.96. The second-order valence-electron chi connectivity index (χ2n) is 6.78. The molecule has 1 aromatic carbocycles. The number of hydrogen-bond donors (Lipinski definition) is 3. The fraction of sp³-hybridized carbons (Fsp3) is 0.647. The number of nitrogens with one attached hydrogen (secondary N) is 1. The van der Waals surface area contributed by atoms with Crippen molar-refractivity contribution in [1.29, 1.82) is 0 Å². The van der Waals surface area contributed by atoms with Crippen LogP contribution >= 0.6 is 0 Å². The van der Waals surface area contributed by atoms with Crippen molar-refractivity contribution >= 4 is 0 Å². The molecule has 21 heavy (non-hydrogen) atoms. The molecule has 0 fully saturated rings. The molecule has 1 heterocycles. The van der Waals surface area contributed by atoms with Crippen LogP contribution in [0.25, 0.3) is 0 Å². The molecule has 0 saturated carbocycles. The standard InChI is InChI=1S/C17H28N2O2/c1-11(10-20)12(2)19-15(9-18)14-7-5-6-13-8-17(3,4)21-16(13)14/h5-7,11-12,15,19-20H,8-10,18H2,1-4H3. The van der Waals surface area contributed by atoms with Crippen LogP contribution in [0.2, 0.25) is 0 Å². The summed E-state index contributed by atoms with van der Waals surface area (Å²) in [5.74, 6) is 1.17. The van der Waals surface area contributed by atoms with E-state index in [-0.39, 0.29) is 30.2 Å². The Labute approximate surface area is 127 Å². The number of aliphatic hydroxyl groups excluding tert-OH is 1. The van der Waals surface area contributed by atoms with E-state index in [4.69, 9.17) is 10.5 Å². The third-order valence-electron chi connectivity index (χ3n) is 4.34. The van der Waals surface area contributed by atoms with Gasteiger partial charge in [-0.15, -0.1) is 0 Å². The van der Waals surface area contributed by atoms with Gasteiger partial charge in [-0.3, -0.25) is 0 Å². The quantitative estimate of drug-likeness (QED) is 0.750. The van der Waals surface area contributed by atoms with Gasteiger partial charge in [0.2, 0.25) is 0 Å². The maximum absolute atomic E-state index is 9.29. The van der Waals surface area contributed by atoms with Crippen LogP contribution in [-0.2, 0) is 6.42 Å². The first-order valence-electron chi connectivity index (χ1n) is 7.75. The molecule has 0 saturated heterocycles. The van der Waals surface area contributed by atoms with Crippen molar-refractivity contribution in [3.05, 3.63) is 29.3 Å². The lowest BCUT2D eigenvalue weighted by Crippen LogP contribution is -2.39. The summed E-state index contributed by atoms with van der Waals surface area (Å²) in [6, 6.07) is 6.51. The zero-order valence-corrected chi connectivity index (χ0v) is 13.5. The third kappa shape index (κ3) is 3.57. The van der Waals surface area contributed by atoms with Gasteiger partial charge in [-0.2, -0.15) is 0 Å². The molecule has 0 amide bonds. The first-order chi connectivity index (χ1) is 9.88. The average Bonchev–Trinajstić information content (AvgIpc) is 2.77. The fourth-order valence-electron chi connectivity index (χ4n) is 2.84. The summed E-state index contributed by atoms with van der Waals surface area (Å²) in [6.45, 7) is 9.00. The Morgan fingerprint density at radius 3 is 2.71 bits per heavy atom. The average molecular weight is 292 g/mol. The summed E-state index contributed by atoms with van der Waals surface area (Å²) in [5.41, 5.74) is 8.20. The molecular formula is C17H28N2O2. The molecule has 1 aliphatic heterocycles. The van der Waals surface area contributed by atoms with Gasteiger partial charge in [0, 0.05) is 37.2 Å². The Hall–Kier alpha value is -1.10. The van der Waals surface area contributed by atoms with Crippen LogP contribution in [0, 0.1) is 5.92 Å². The van der Waals surface area contributed by atoms with E-state index in [0.29, 0.717) is 6.54 Å². The SMILES string of the molecule is CC(CO)C(C)NC(CN)c1cccc2c1OC(C)(C)C2. The number of benzene rings is 1. The van der Waals surface area contributed by atoms with Crippen LogP contribution in [0.15, 0.2) is 18.2 Å². The number of para-hydroxylation sites is 1. The first kappa shape index (κ1) is 16.3. The van der Waals surface area contributed by atoms with E-state index in [1.54, 1.807) is 0 Å². The van der Waals surface area contributed by atoms with Gasteiger partial charge in [0.1, 0.15) is 11.4 Å². The summed E-state index contributed by atoms with van der Waals surface area (Å²) in [4.78, 5) is 0. The molecule has 4 heteroatoms. The second kappa shape index (κ2) is 6.34. The van der Waals surface area contributed by atoms with Gasteiger partial charge in [0.05, 0.1) is 0 Å². The summed E-state index contributed by atoms with van der Waals surface area (Å²) >= 11 is 0. The van der Waals surface area contributed by atoms with Crippen LogP contribution in [0.4, 0.5) is 0 Å². The molecule has 2 rings (SSSR count). The first-order valence-corrected chi connectivity index (χ1v) is 7.75. The smallest absolute Gasteiger partial charge is 0.128 e. The van der Waals surface area contributed by atoms with E-state index >= 15 is 0 Å². The van der Waals surface area contributed by atoms with Gasteiger partial charge >= 0.3 is 0 Å². The maximum Gasteiger partial charge on any atom is 0.128 e. The minimum Gasteiger partial charge on any atom is -0.487 e. The fourth-order valence-corrected chi connectivity index (χ4v) is 2.84. The Morgan fingerprint density at radius 2 is 2.10 bits per heavy atom. The van der Waals surface area contributed by atoms with Crippen molar-refractivity contribution < 1.29 is 9.84 Å². The Bertz CT molecular complexity index is 488. The molecule has 1 aromatic rings. The largest absolute Gasteiger partial charge is 0.487 e. The highest BCUT2D eigenvalue weighted by Gasteiger charge is 2.33. The van der Waals surface area contributed by atoms with Crippen molar-refractivity contribution in [2.24, 2.45) is 11.7 Å². The highest BCUT2D eigenvalue weighted by atomic mass is 16.5. The Kier molecular flexibility index (Phi) is 4.91. The summed E-state index contributed by atoms with van der Waals surface area (Å²) in [7, 11) is 0. The van der Waals surface area contributed by atoms with Crippen molar-refractivity contribution in [3.63, 3.8) is 0 Å². The Balaban J connectivity index is 2.23. The van der Waals surface area contributed by atoms with Crippen LogP contribution in [-0.4, -0.2) is 29.9 Å². The molecule has 0 radical (unpaired) electrons. The normalized spacial score (nSPS) is 20.5. The lowest BCUT2D eigenvalue weighted by Gasteiger charge is -2.27. The minimum atomic E-state index is -0.151. The summed E-state index contributed by atoms with van der Waals surface area (Å²) in [5, 5.41) is 12.8. The number of aliphatic hydroxyl groups is 1. The van der Waals surface area contributed by atoms with Gasteiger partial charge in [0.25, 0.3) is 0 Å². The zero-order valence-electron chi connectivity index (χ0n) is 13.5. The molecule has 4 N–H and O–H groups in total. The highest BCUT2D eigenvalue weighted by Crippen LogP contribution is 2.39. The number of fused-ring (bicyclic) bond motifs is 1. The molecule has 0 aromatic heterocycles. The van der Waals surface area contributed by atoms with Gasteiger partial charge in [-0.1, -0.05) is 25.1 Å². The van der Waals surface area contributed by atoms with Crippen LogP contribution in [0.1, 0.15) is 44.9 Å². The molecule has 4 nitrogen and oxygen atoms in total. The van der Waals surface area contributed by atoms with E-state index in [2.05, 4.69) is 44.3 Å². The molecule has 3 unspecified atom stereocenters. The summed E-state index contributed by atoms with van der Waals surface area (Å²) < 4.78 is 6.13. The number of ether oxygens (including phenoxy) is 1. The van der Waals surface area contributed by atoms with Crippen molar-refractivity contribution in [2.75, 3.05) is 13.2 Å². The molecule has 0 aliphatic carbocycles. The maximum atomic E-state index is 9.29. The van der Waals surface area contributed by atoms with E-state index in [1.807, 2.05) is 6.92 Å². The molecule has 1 aliphatic rings. The lowest BCUT2D eigenvalue weighted by molar-refractivity contribution is 0.136. The Morgan fingerprint density at radius 1 is 1.38 bits per heavy atom. The third-order valence-corrected chi connectivity index (χ3v) is 4.34. The predicted molar refractivity (Wildman–Crippen MR) is 85.5 cm³/mol. The van der Waals surface area contributed by atoms with E-state index in [1.165, 1.54) is 5.56 Å². The number of hydrogen-bond acceptors (Lipinski definition) is 4. The highest BCUT2D eigenvalue weighted by molar-refractivity contribution is 5.47. The van der Waals surface area contributed by atoms with Crippen molar-refractivity contribution in [2.45, 2.75) is 51.8 Å². The van der Waals surface area contributed by atoms with Crippen molar-refractivity contribution in [1.82, 2.24) is 5.32 Å².